The number of benzene rings is 2. The van der Waals surface area contributed by atoms with Gasteiger partial charge in [0.25, 0.3) is 0 Å². The van der Waals surface area contributed by atoms with Crippen molar-refractivity contribution in [3.05, 3.63) is 66.2 Å². The third-order valence-electron chi connectivity index (χ3n) is 10.2. The Labute approximate surface area is 383 Å². The number of nitriles is 1. The van der Waals surface area contributed by atoms with Gasteiger partial charge >= 0.3 is 23.9 Å². The standard InChI is InChI=1S/C44H65N11O8.C2H6/c1-10-44(7,34(28-56)50-39(60)40(61)52-43(4,5)6)35(38(59)48-32(26-29(2)3)36(57)46-8)51-37(58)33(27-30-18-13-11-14-19-30)49-41(62)54(23-17-22-45)24-25-55(42(63)53-47-9)31-20-15-12-16-21-31;1-2/h11-16,18-21,28-29,32-35,47H,10,17,23-27H2,1-9H3,(H,46,57)(H,48,59)(H,49,62)(H,50,60)(H,51,58)(H,52,61)(H,53,63);1-2H3/t32?,33?,34?,35?,44-;/m1./s1. The number of hydrogen-bond acceptors (Lipinski definition) is 10. The van der Waals surface area contributed by atoms with Gasteiger partial charge in [0.2, 0.25) is 17.7 Å². The number of nitrogens with zero attached hydrogens (tertiary/aromatic N) is 3. The first-order valence-electron chi connectivity index (χ1n) is 21.9. The molecule has 2 aromatic rings. The minimum absolute atomic E-state index is 0.0154. The highest BCUT2D eigenvalue weighted by molar-refractivity contribution is 6.35. The number of rotatable bonds is 22. The van der Waals surface area contributed by atoms with Crippen LogP contribution in [0, 0.1) is 22.7 Å². The lowest BCUT2D eigenvalue weighted by molar-refractivity contribution is -0.143. The molecule has 2 aromatic carbocycles. The maximum Gasteiger partial charge on any atom is 0.336 e. The van der Waals surface area contributed by atoms with Crippen molar-refractivity contribution in [2.45, 2.75) is 118 Å². The van der Waals surface area contributed by atoms with Crippen molar-refractivity contribution in [1.29, 1.82) is 5.26 Å². The van der Waals surface area contributed by atoms with E-state index in [4.69, 9.17) is 0 Å². The molecule has 8 N–H and O–H groups in total. The zero-order valence-corrected chi connectivity index (χ0v) is 39.8. The Hall–Kier alpha value is -6.55. The molecule has 19 heteroatoms. The largest absolute Gasteiger partial charge is 0.357 e. The van der Waals surface area contributed by atoms with Crippen LogP contribution in [0.2, 0.25) is 0 Å². The van der Waals surface area contributed by atoms with E-state index in [0.29, 0.717) is 17.5 Å². The molecule has 65 heavy (non-hydrogen) atoms. The fourth-order valence-electron chi connectivity index (χ4n) is 6.62. The van der Waals surface area contributed by atoms with Crippen LogP contribution in [0.3, 0.4) is 0 Å². The van der Waals surface area contributed by atoms with E-state index in [2.05, 4.69) is 42.8 Å². The first-order chi connectivity index (χ1) is 30.7. The molecule has 19 nitrogen and oxygen atoms in total. The second-order valence-corrected chi connectivity index (χ2v) is 16.7. The van der Waals surface area contributed by atoms with Gasteiger partial charge in [-0.3, -0.25) is 34.3 Å². The Balaban J connectivity index is 0.0000104. The first-order valence-corrected chi connectivity index (χ1v) is 21.9. The first kappa shape index (κ1) is 56.5. The van der Waals surface area contributed by atoms with Crippen LogP contribution < -0.4 is 47.7 Å². The van der Waals surface area contributed by atoms with Crippen LogP contribution in [0.25, 0.3) is 0 Å². The van der Waals surface area contributed by atoms with E-state index < -0.39 is 76.7 Å². The van der Waals surface area contributed by atoms with Gasteiger partial charge in [0.15, 0.2) is 0 Å². The van der Waals surface area contributed by atoms with Crippen LogP contribution in [0.1, 0.15) is 87.1 Å². The minimum atomic E-state index is -1.65. The van der Waals surface area contributed by atoms with Crippen LogP contribution in [0.4, 0.5) is 15.3 Å². The molecule has 0 radical (unpaired) electrons. The molecule has 358 valence electrons. The molecule has 0 bridgehead atoms. The van der Waals surface area contributed by atoms with Crippen molar-refractivity contribution in [2.24, 2.45) is 11.3 Å². The molecule has 0 fully saturated rings. The van der Waals surface area contributed by atoms with Crippen LogP contribution in [-0.2, 0) is 35.2 Å². The third-order valence-corrected chi connectivity index (χ3v) is 10.2. The summed E-state index contributed by atoms with van der Waals surface area (Å²) in [6.07, 6.45) is 0.385. The number of nitrogens with one attached hydrogen (secondary N) is 8. The predicted octanol–water partition coefficient (Wildman–Crippen LogP) is 2.68. The minimum Gasteiger partial charge on any atom is -0.357 e. The van der Waals surface area contributed by atoms with Crippen LogP contribution in [-0.4, -0.2) is 116 Å². The molecule has 0 aliphatic carbocycles. The summed E-state index contributed by atoms with van der Waals surface area (Å²) in [7, 11) is 2.93. The van der Waals surface area contributed by atoms with Gasteiger partial charge in [-0.25, -0.2) is 15.0 Å². The fourth-order valence-corrected chi connectivity index (χ4v) is 6.62. The van der Waals surface area contributed by atoms with Crippen molar-refractivity contribution in [3.8, 4) is 6.07 Å². The SMILES string of the molecule is CC.CC[C@](C)(C(C=O)NC(=O)C(=O)NC(C)(C)C)C(NC(=O)C(Cc1ccccc1)NC(=O)N(CCC#N)CCN(C(=O)NNC)c1ccccc1)C(=O)NC(CC(C)C)C(=O)NC. The van der Waals surface area contributed by atoms with Crippen molar-refractivity contribution in [1.82, 2.24) is 47.7 Å². The summed E-state index contributed by atoms with van der Waals surface area (Å²) in [5.41, 5.74) is 3.83. The molecule has 5 atom stereocenters. The van der Waals surface area contributed by atoms with E-state index in [-0.39, 0.29) is 51.2 Å². The third kappa shape index (κ3) is 18.6. The van der Waals surface area contributed by atoms with Crippen LogP contribution in [0.15, 0.2) is 60.7 Å². The highest BCUT2D eigenvalue weighted by Crippen LogP contribution is 2.31. The highest BCUT2D eigenvalue weighted by atomic mass is 16.2. The number of urea groups is 2. The van der Waals surface area contributed by atoms with Crippen molar-refractivity contribution < 1.29 is 38.4 Å². The molecule has 0 saturated heterocycles. The van der Waals surface area contributed by atoms with Crippen molar-refractivity contribution in [2.75, 3.05) is 38.6 Å². The topological polar surface area (TPSA) is 263 Å². The van der Waals surface area contributed by atoms with E-state index in [1.165, 1.54) is 30.8 Å². The number of hydrazine groups is 1. The predicted molar refractivity (Wildman–Crippen MR) is 249 cm³/mol. The molecule has 9 amide bonds. The number of likely N-dealkylation sites (N-methyl/N-ethyl adjacent to an activating group) is 1. The van der Waals surface area contributed by atoms with E-state index in [9.17, 15) is 43.6 Å². The summed E-state index contributed by atoms with van der Waals surface area (Å²) in [5.74, 6) is -4.50. The van der Waals surface area contributed by atoms with Gasteiger partial charge in [-0.1, -0.05) is 90.1 Å². The van der Waals surface area contributed by atoms with Crippen LogP contribution in [0.5, 0.6) is 0 Å². The van der Waals surface area contributed by atoms with Crippen LogP contribution >= 0.6 is 0 Å². The van der Waals surface area contributed by atoms with Crippen molar-refractivity contribution in [3.63, 3.8) is 0 Å². The van der Waals surface area contributed by atoms with E-state index in [1.807, 2.05) is 33.8 Å². The van der Waals surface area contributed by atoms with Gasteiger partial charge in [0.1, 0.15) is 24.4 Å². The lowest BCUT2D eigenvalue weighted by Crippen LogP contribution is -2.67. The smallest absolute Gasteiger partial charge is 0.336 e. The molecule has 2 rings (SSSR count). The lowest BCUT2D eigenvalue weighted by atomic mass is 9.72. The summed E-state index contributed by atoms with van der Waals surface area (Å²) in [4.78, 5) is 111. The Morgan fingerprint density at radius 1 is 0.738 bits per heavy atom. The number of anilines is 1. The number of aldehydes is 1. The molecular weight excluding hydrogens is 835 g/mol. The summed E-state index contributed by atoms with van der Waals surface area (Å²) in [6.45, 7) is 15.6. The number of carbonyl (C=O) groups is 8. The van der Waals surface area contributed by atoms with Gasteiger partial charge in [-0.2, -0.15) is 5.26 Å². The molecule has 0 aromatic heterocycles. The molecule has 0 aliphatic heterocycles. The summed E-state index contributed by atoms with van der Waals surface area (Å²) >= 11 is 0. The molecule has 0 aliphatic rings. The average molecular weight is 906 g/mol. The number of para-hydroxylation sites is 1. The second kappa shape index (κ2) is 28.3. The number of hydrogen-bond donors (Lipinski definition) is 8. The van der Waals surface area contributed by atoms with E-state index in [1.54, 1.807) is 88.4 Å². The normalized spacial score (nSPS) is 13.5. The monoisotopic (exact) mass is 906 g/mol. The second-order valence-electron chi connectivity index (χ2n) is 16.7. The van der Waals surface area contributed by atoms with E-state index in [0.717, 1.165) is 0 Å². The molecule has 4 unspecified atom stereocenters. The summed E-state index contributed by atoms with van der Waals surface area (Å²) in [6, 6.07) is 12.5. The highest BCUT2D eigenvalue weighted by Gasteiger charge is 2.47. The molecule has 0 saturated carbocycles. The van der Waals surface area contributed by atoms with Gasteiger partial charge in [0.05, 0.1) is 18.5 Å². The number of carbonyl (C=O) groups excluding carboxylic acids is 8. The van der Waals surface area contributed by atoms with Gasteiger partial charge < -0.3 is 41.6 Å². The zero-order chi connectivity index (χ0) is 49.3. The maximum atomic E-state index is 14.7. The molecule has 0 heterocycles. The zero-order valence-electron chi connectivity index (χ0n) is 39.8. The Bertz CT molecular complexity index is 1900. The lowest BCUT2D eigenvalue weighted by Gasteiger charge is -2.41. The van der Waals surface area contributed by atoms with Gasteiger partial charge in [-0.05, 0) is 57.2 Å². The Kier molecular flexibility index (Phi) is 24.6. The Morgan fingerprint density at radius 2 is 1.34 bits per heavy atom. The summed E-state index contributed by atoms with van der Waals surface area (Å²) < 4.78 is 0. The Morgan fingerprint density at radius 3 is 1.85 bits per heavy atom. The average Bonchev–Trinajstić information content (AvgIpc) is 3.27. The molecule has 0 spiro atoms. The van der Waals surface area contributed by atoms with Gasteiger partial charge in [0, 0.05) is 56.8 Å². The van der Waals surface area contributed by atoms with E-state index >= 15 is 0 Å². The van der Waals surface area contributed by atoms with Gasteiger partial charge in [-0.15, -0.1) is 0 Å². The molecular formula is C46H71N11O8. The van der Waals surface area contributed by atoms with Crippen molar-refractivity contribution >= 4 is 53.6 Å². The quantitative estimate of drug-likeness (QED) is 0.0487. The maximum absolute atomic E-state index is 14.7. The fraction of sp³-hybridized carbons (Fsp3) is 0.543. The summed E-state index contributed by atoms with van der Waals surface area (Å²) in [5, 5.41) is 25.2. The number of amides is 9.